The van der Waals surface area contributed by atoms with Gasteiger partial charge in [0.15, 0.2) is 0 Å². The zero-order valence-corrected chi connectivity index (χ0v) is 32.9. The molecule has 0 aliphatic carbocycles. The van der Waals surface area contributed by atoms with Crippen molar-refractivity contribution in [1.82, 2.24) is 10.6 Å². The summed E-state index contributed by atoms with van der Waals surface area (Å²) in [5.74, 6) is -1.38. The molecule has 0 spiro atoms. The highest BCUT2D eigenvalue weighted by molar-refractivity contribution is 5.83. The third-order valence-corrected chi connectivity index (χ3v) is 7.69. The Morgan fingerprint density at radius 1 is 0.453 bits per heavy atom. The normalized spacial score (nSPS) is 13.5. The quantitative estimate of drug-likeness (QED) is 0.0463. The van der Waals surface area contributed by atoms with E-state index in [0.717, 1.165) is 83.5 Å². The Kier molecular flexibility index (Phi) is 36.9. The number of carboxylic acid groups (broad SMARTS) is 1. The lowest BCUT2D eigenvalue weighted by atomic mass is 10.1. The van der Waals surface area contributed by atoms with Gasteiger partial charge in [-0.15, -0.1) is 0 Å². The van der Waals surface area contributed by atoms with Gasteiger partial charge in [0.2, 0.25) is 11.8 Å². The molecule has 0 saturated carbocycles. The average molecular weight is 727 g/mol. The van der Waals surface area contributed by atoms with Gasteiger partial charge in [-0.1, -0.05) is 148 Å². The van der Waals surface area contributed by atoms with Crippen molar-refractivity contribution in [2.45, 2.75) is 135 Å². The van der Waals surface area contributed by atoms with E-state index in [1.54, 1.807) is 0 Å². The predicted octanol–water partition coefficient (Wildman–Crippen LogP) is 11.9. The standard InChI is InChI=1S/C47H70N2O4/c1-3-5-7-9-11-13-15-17-19-21-22-24-26-28-30-32-34-36-38-42-46(51)49-44(47(52)53)40-39-43-48-45(50)41-37-35-33-31-29-27-25-23-20-18-16-14-12-10-8-6-4-2/h5-8,11-14,17-20,22,24-25,27-28,30-31,33-34,36,44H,3-4,9-10,15-16,21,23,26,29,32,35,37-43H2,1-2H3,(H,48,50)(H,49,51)(H,52,53)/b7-5-,8-6-,13-11-,14-12-,19-17-,20-18-,24-22-,27-25-,30-28-,33-31-,36-34-/t44-/m0/s1. The molecule has 0 bridgehead atoms. The maximum absolute atomic E-state index is 12.3. The Hall–Kier alpha value is -4.45. The lowest BCUT2D eigenvalue weighted by Gasteiger charge is -2.14. The molecule has 0 aromatic heterocycles. The average Bonchev–Trinajstić information content (AvgIpc) is 3.15. The molecule has 292 valence electrons. The minimum atomic E-state index is -1.06. The molecule has 6 heteroatoms. The van der Waals surface area contributed by atoms with Crippen molar-refractivity contribution < 1.29 is 19.5 Å². The maximum atomic E-state index is 12.3. The largest absolute Gasteiger partial charge is 0.480 e. The monoisotopic (exact) mass is 727 g/mol. The van der Waals surface area contributed by atoms with Crippen LogP contribution in [0, 0.1) is 0 Å². The third kappa shape index (κ3) is 38.6. The first-order chi connectivity index (χ1) is 26.0. The van der Waals surface area contributed by atoms with Gasteiger partial charge in [-0.25, -0.2) is 4.79 Å². The molecular formula is C47H70N2O4. The molecule has 1 atom stereocenters. The van der Waals surface area contributed by atoms with E-state index >= 15 is 0 Å². The lowest BCUT2D eigenvalue weighted by Crippen LogP contribution is -2.41. The first-order valence-electron chi connectivity index (χ1n) is 19.9. The Labute approximate surface area is 322 Å². The number of hydrogen-bond acceptors (Lipinski definition) is 3. The van der Waals surface area contributed by atoms with Crippen LogP contribution >= 0.6 is 0 Å². The summed E-state index contributed by atoms with van der Waals surface area (Å²) in [7, 11) is 0. The van der Waals surface area contributed by atoms with Gasteiger partial charge in [-0.2, -0.15) is 0 Å². The molecule has 0 aliphatic heterocycles. The third-order valence-electron chi connectivity index (χ3n) is 7.69. The van der Waals surface area contributed by atoms with Crippen LogP contribution in [-0.2, 0) is 14.4 Å². The van der Waals surface area contributed by atoms with Gasteiger partial charge >= 0.3 is 5.97 Å². The van der Waals surface area contributed by atoms with E-state index < -0.39 is 12.0 Å². The number of hydrogen-bond donors (Lipinski definition) is 3. The number of carbonyl (C=O) groups is 3. The molecule has 0 rings (SSSR count). The van der Waals surface area contributed by atoms with Gasteiger partial charge in [0.1, 0.15) is 6.04 Å². The summed E-state index contributed by atoms with van der Waals surface area (Å²) in [5, 5.41) is 15.0. The number of allylic oxidation sites excluding steroid dienone is 22. The van der Waals surface area contributed by atoms with E-state index in [1.807, 2.05) is 12.2 Å². The fourth-order valence-corrected chi connectivity index (χ4v) is 4.75. The number of amides is 2. The van der Waals surface area contributed by atoms with Gasteiger partial charge in [0, 0.05) is 19.4 Å². The minimum Gasteiger partial charge on any atom is -0.480 e. The van der Waals surface area contributed by atoms with E-state index in [1.165, 1.54) is 0 Å². The SMILES string of the molecule is CC/C=C\C/C=C\C/C=C\C/C=C\C/C=C\C/C=C\CCC(=O)N[C@@H](CCCNC(=O)CCC/C=C\C/C=C\C/C=C\C/C=C\C/C=C\CC)C(=O)O. The molecule has 2 amide bonds. The van der Waals surface area contributed by atoms with Crippen LogP contribution in [0.1, 0.15) is 129 Å². The Bertz CT molecular complexity index is 1260. The Balaban J connectivity index is 3.91. The fourth-order valence-electron chi connectivity index (χ4n) is 4.75. The highest BCUT2D eigenvalue weighted by Gasteiger charge is 2.19. The van der Waals surface area contributed by atoms with E-state index in [4.69, 9.17) is 0 Å². The second kappa shape index (κ2) is 40.3. The first kappa shape index (κ1) is 48.5. The number of unbranched alkanes of at least 4 members (excludes halogenated alkanes) is 1. The van der Waals surface area contributed by atoms with Gasteiger partial charge in [-0.3, -0.25) is 9.59 Å². The minimum absolute atomic E-state index is 0.0374. The van der Waals surface area contributed by atoms with Gasteiger partial charge in [-0.05, 0) is 103 Å². The Morgan fingerprint density at radius 2 is 0.811 bits per heavy atom. The summed E-state index contributed by atoms with van der Waals surface area (Å²) in [4.78, 5) is 36.1. The summed E-state index contributed by atoms with van der Waals surface area (Å²) in [6, 6.07) is -0.958. The number of rotatable bonds is 33. The summed E-state index contributed by atoms with van der Waals surface area (Å²) in [6.45, 7) is 4.67. The molecule has 0 aliphatic rings. The van der Waals surface area contributed by atoms with Crippen molar-refractivity contribution in [3.63, 3.8) is 0 Å². The van der Waals surface area contributed by atoms with Crippen LogP contribution < -0.4 is 10.6 Å². The van der Waals surface area contributed by atoms with Crippen molar-refractivity contribution in [3.8, 4) is 0 Å². The van der Waals surface area contributed by atoms with Crippen molar-refractivity contribution in [2.75, 3.05) is 6.54 Å². The number of carboxylic acids is 1. The van der Waals surface area contributed by atoms with Gasteiger partial charge in [0.25, 0.3) is 0 Å². The highest BCUT2D eigenvalue weighted by atomic mass is 16.4. The number of nitrogens with one attached hydrogen (secondary N) is 2. The van der Waals surface area contributed by atoms with E-state index in [-0.39, 0.29) is 24.7 Å². The van der Waals surface area contributed by atoms with Crippen LogP contribution in [0.3, 0.4) is 0 Å². The first-order valence-corrected chi connectivity index (χ1v) is 19.9. The lowest BCUT2D eigenvalue weighted by molar-refractivity contribution is -0.142. The summed E-state index contributed by atoms with van der Waals surface area (Å²) >= 11 is 0. The molecule has 0 aromatic carbocycles. The molecule has 53 heavy (non-hydrogen) atoms. The molecule has 0 fully saturated rings. The van der Waals surface area contributed by atoms with Crippen molar-refractivity contribution in [2.24, 2.45) is 0 Å². The molecule has 0 heterocycles. The molecular weight excluding hydrogens is 657 g/mol. The van der Waals surface area contributed by atoms with Crippen molar-refractivity contribution in [3.05, 3.63) is 134 Å². The second-order valence-corrected chi connectivity index (χ2v) is 12.5. The highest BCUT2D eigenvalue weighted by Crippen LogP contribution is 2.03. The molecule has 0 aromatic rings. The number of carbonyl (C=O) groups excluding carboxylic acids is 2. The second-order valence-electron chi connectivity index (χ2n) is 12.5. The van der Waals surface area contributed by atoms with Crippen LogP contribution in [0.2, 0.25) is 0 Å². The van der Waals surface area contributed by atoms with Crippen LogP contribution in [0.25, 0.3) is 0 Å². The number of aliphatic carboxylic acids is 1. The topological polar surface area (TPSA) is 95.5 Å². The van der Waals surface area contributed by atoms with Crippen LogP contribution in [0.15, 0.2) is 134 Å². The molecule has 0 saturated heterocycles. The van der Waals surface area contributed by atoms with Gasteiger partial charge in [0.05, 0.1) is 0 Å². The van der Waals surface area contributed by atoms with Gasteiger partial charge < -0.3 is 15.7 Å². The summed E-state index contributed by atoms with van der Waals surface area (Å²) in [5.41, 5.74) is 0. The van der Waals surface area contributed by atoms with Crippen LogP contribution in [0.4, 0.5) is 0 Å². The Morgan fingerprint density at radius 3 is 1.19 bits per heavy atom. The van der Waals surface area contributed by atoms with E-state index in [9.17, 15) is 19.5 Å². The van der Waals surface area contributed by atoms with Crippen LogP contribution in [0.5, 0.6) is 0 Å². The fraction of sp³-hybridized carbons (Fsp3) is 0.468. The maximum Gasteiger partial charge on any atom is 0.326 e. The predicted molar refractivity (Wildman–Crippen MR) is 228 cm³/mol. The molecule has 6 nitrogen and oxygen atoms in total. The van der Waals surface area contributed by atoms with E-state index in [0.29, 0.717) is 25.8 Å². The van der Waals surface area contributed by atoms with Crippen molar-refractivity contribution in [1.29, 1.82) is 0 Å². The van der Waals surface area contributed by atoms with Crippen LogP contribution in [-0.4, -0.2) is 35.5 Å². The smallest absolute Gasteiger partial charge is 0.326 e. The van der Waals surface area contributed by atoms with Crippen molar-refractivity contribution >= 4 is 17.8 Å². The summed E-state index contributed by atoms with van der Waals surface area (Å²) in [6.07, 6.45) is 61.4. The molecule has 0 unspecified atom stereocenters. The molecule has 0 radical (unpaired) electrons. The summed E-state index contributed by atoms with van der Waals surface area (Å²) < 4.78 is 0. The van der Waals surface area contributed by atoms with E-state index in [2.05, 4.69) is 146 Å². The zero-order valence-electron chi connectivity index (χ0n) is 32.9. The molecule has 3 N–H and O–H groups in total. The zero-order chi connectivity index (χ0) is 38.7.